The summed E-state index contributed by atoms with van der Waals surface area (Å²) in [4.78, 5) is 13.6. The summed E-state index contributed by atoms with van der Waals surface area (Å²) in [6, 6.07) is 13.8. The molecule has 0 saturated carbocycles. The summed E-state index contributed by atoms with van der Waals surface area (Å²) in [5, 5.41) is 12.6. The molecule has 0 aliphatic carbocycles. The summed E-state index contributed by atoms with van der Waals surface area (Å²) in [7, 11) is -2.36. The zero-order valence-corrected chi connectivity index (χ0v) is 20.1. The molecule has 0 bridgehead atoms. The predicted molar refractivity (Wildman–Crippen MR) is 125 cm³/mol. The summed E-state index contributed by atoms with van der Waals surface area (Å²) in [5.74, 6) is 0.316. The molecule has 0 saturated heterocycles. The third-order valence-electron chi connectivity index (χ3n) is 5.98. The van der Waals surface area contributed by atoms with E-state index in [1.54, 1.807) is 56.5 Å². The summed E-state index contributed by atoms with van der Waals surface area (Å²) in [5.41, 5.74) is -0.492. The minimum absolute atomic E-state index is 0.0190. The molecule has 176 valence electrons. The highest BCUT2D eigenvalue weighted by atomic mass is 32.2. The Kier molecular flexibility index (Phi) is 8.83. The van der Waals surface area contributed by atoms with Crippen LogP contribution in [0.25, 0.3) is 0 Å². The van der Waals surface area contributed by atoms with Crippen molar-refractivity contribution < 1.29 is 23.1 Å². The first-order valence-corrected chi connectivity index (χ1v) is 12.2. The molecule has 2 aromatic rings. The Hall–Kier alpha value is -2.42. The fourth-order valence-electron chi connectivity index (χ4n) is 3.44. The molecule has 1 amide bonds. The lowest BCUT2D eigenvalue weighted by Gasteiger charge is -2.38. The number of sulfonamides is 1. The molecular weight excluding hydrogens is 428 g/mol. The van der Waals surface area contributed by atoms with Crippen LogP contribution in [0, 0.1) is 11.3 Å². The molecule has 0 aromatic heterocycles. The van der Waals surface area contributed by atoms with Gasteiger partial charge in [0.25, 0.3) is 0 Å². The van der Waals surface area contributed by atoms with E-state index in [1.807, 2.05) is 20.8 Å². The van der Waals surface area contributed by atoms with Crippen molar-refractivity contribution in [3.8, 4) is 5.75 Å². The number of hydrogen-bond acceptors (Lipinski definition) is 5. The molecule has 8 heteroatoms. The number of methoxy groups -OCH3 is 1. The summed E-state index contributed by atoms with van der Waals surface area (Å²) < 4.78 is 34.4. The van der Waals surface area contributed by atoms with Crippen molar-refractivity contribution in [2.75, 3.05) is 13.7 Å². The van der Waals surface area contributed by atoms with Crippen LogP contribution in [0.3, 0.4) is 0 Å². The number of benzene rings is 2. The minimum Gasteiger partial charge on any atom is -0.497 e. The van der Waals surface area contributed by atoms with Crippen LogP contribution in [-0.4, -0.2) is 39.2 Å². The minimum atomic E-state index is -3.91. The van der Waals surface area contributed by atoms with Crippen LogP contribution >= 0.6 is 0 Å². The van der Waals surface area contributed by atoms with E-state index in [4.69, 9.17) is 4.74 Å². The number of amides is 1. The van der Waals surface area contributed by atoms with E-state index in [0.29, 0.717) is 17.7 Å². The monoisotopic (exact) mass is 462 g/mol. The van der Waals surface area contributed by atoms with E-state index in [2.05, 4.69) is 10.0 Å². The molecule has 2 aromatic carbocycles. The van der Waals surface area contributed by atoms with E-state index in [-0.39, 0.29) is 23.3 Å². The Morgan fingerprint density at radius 2 is 1.69 bits per heavy atom. The highest BCUT2D eigenvalue weighted by Gasteiger charge is 2.43. The first-order valence-electron chi connectivity index (χ1n) is 10.7. The Morgan fingerprint density at radius 3 is 2.16 bits per heavy atom. The lowest BCUT2D eigenvalue weighted by Crippen LogP contribution is -2.52. The Morgan fingerprint density at radius 1 is 1.09 bits per heavy atom. The molecule has 0 fully saturated rings. The normalized spacial score (nSPS) is 15.6. The van der Waals surface area contributed by atoms with Gasteiger partial charge in [-0.25, -0.2) is 13.1 Å². The SMILES string of the molecule is CC[C@@](C)(C(=O)N[C@H](CO)C(C)C)[C@@H](NS(=O)(=O)c1ccccc1)c1ccc(OC)cc1. The maximum absolute atomic E-state index is 13.4. The van der Waals surface area contributed by atoms with Gasteiger partial charge in [0.2, 0.25) is 15.9 Å². The molecule has 7 nitrogen and oxygen atoms in total. The third kappa shape index (κ3) is 5.88. The number of ether oxygens (including phenoxy) is 1. The summed E-state index contributed by atoms with van der Waals surface area (Å²) in [6.45, 7) is 7.19. The lowest BCUT2D eigenvalue weighted by atomic mass is 9.75. The Balaban J connectivity index is 2.53. The highest BCUT2D eigenvalue weighted by molar-refractivity contribution is 7.89. The average molecular weight is 463 g/mol. The third-order valence-corrected chi connectivity index (χ3v) is 7.42. The van der Waals surface area contributed by atoms with Crippen molar-refractivity contribution in [2.24, 2.45) is 11.3 Å². The lowest BCUT2D eigenvalue weighted by molar-refractivity contribution is -0.133. The number of hydrogen-bond donors (Lipinski definition) is 3. The predicted octanol–water partition coefficient (Wildman–Crippen LogP) is 3.26. The topological polar surface area (TPSA) is 105 Å². The summed E-state index contributed by atoms with van der Waals surface area (Å²) >= 11 is 0. The van der Waals surface area contributed by atoms with Crippen molar-refractivity contribution in [1.82, 2.24) is 10.0 Å². The molecule has 0 heterocycles. The van der Waals surface area contributed by atoms with Gasteiger partial charge in [0.1, 0.15) is 5.75 Å². The number of carbonyl (C=O) groups is 1. The van der Waals surface area contributed by atoms with Crippen LogP contribution in [0.2, 0.25) is 0 Å². The number of aliphatic hydroxyl groups excluding tert-OH is 1. The molecule has 0 aliphatic heterocycles. The second kappa shape index (κ2) is 10.9. The molecule has 0 spiro atoms. The van der Waals surface area contributed by atoms with E-state index >= 15 is 0 Å². The fraction of sp³-hybridized carbons (Fsp3) is 0.458. The molecule has 3 atom stereocenters. The molecule has 3 N–H and O–H groups in total. The molecule has 0 aliphatic rings. The highest BCUT2D eigenvalue weighted by Crippen LogP contribution is 2.39. The van der Waals surface area contributed by atoms with Crippen molar-refractivity contribution >= 4 is 15.9 Å². The zero-order valence-electron chi connectivity index (χ0n) is 19.3. The zero-order chi connectivity index (χ0) is 23.9. The molecule has 0 unspecified atom stereocenters. The smallest absolute Gasteiger partial charge is 0.241 e. The second-order valence-electron chi connectivity index (χ2n) is 8.42. The van der Waals surface area contributed by atoms with Gasteiger partial charge in [-0.05, 0) is 49.1 Å². The van der Waals surface area contributed by atoms with Gasteiger partial charge in [0.15, 0.2) is 0 Å². The maximum Gasteiger partial charge on any atom is 0.241 e. The van der Waals surface area contributed by atoms with Crippen molar-refractivity contribution in [2.45, 2.75) is 51.1 Å². The Labute approximate surface area is 191 Å². The van der Waals surface area contributed by atoms with Gasteiger partial charge in [-0.3, -0.25) is 4.79 Å². The van der Waals surface area contributed by atoms with Crippen LogP contribution in [0.5, 0.6) is 5.75 Å². The number of carbonyl (C=O) groups excluding carboxylic acids is 1. The van der Waals surface area contributed by atoms with Crippen LogP contribution < -0.4 is 14.8 Å². The van der Waals surface area contributed by atoms with Gasteiger partial charge in [-0.1, -0.05) is 51.1 Å². The number of rotatable bonds is 11. The van der Waals surface area contributed by atoms with Crippen LogP contribution in [0.1, 0.15) is 45.7 Å². The van der Waals surface area contributed by atoms with Gasteiger partial charge >= 0.3 is 0 Å². The van der Waals surface area contributed by atoms with Gasteiger partial charge in [0.05, 0.1) is 36.1 Å². The quantitative estimate of drug-likeness (QED) is 0.475. The van der Waals surface area contributed by atoms with Gasteiger partial charge in [-0.2, -0.15) is 0 Å². The van der Waals surface area contributed by atoms with Gasteiger partial charge in [-0.15, -0.1) is 0 Å². The van der Waals surface area contributed by atoms with Crippen LogP contribution in [0.4, 0.5) is 0 Å². The van der Waals surface area contributed by atoms with Gasteiger partial charge < -0.3 is 15.2 Å². The van der Waals surface area contributed by atoms with Crippen molar-refractivity contribution in [3.05, 3.63) is 60.2 Å². The van der Waals surface area contributed by atoms with Crippen LogP contribution in [-0.2, 0) is 14.8 Å². The largest absolute Gasteiger partial charge is 0.497 e. The molecule has 0 radical (unpaired) electrons. The first kappa shape index (κ1) is 25.8. The van der Waals surface area contributed by atoms with Gasteiger partial charge in [0, 0.05) is 0 Å². The summed E-state index contributed by atoms with van der Waals surface area (Å²) in [6.07, 6.45) is 0.364. The number of aliphatic hydroxyl groups is 1. The van der Waals surface area contributed by atoms with E-state index in [0.717, 1.165) is 0 Å². The number of nitrogens with one attached hydrogen (secondary N) is 2. The Bertz CT molecular complexity index is 977. The van der Waals surface area contributed by atoms with Crippen molar-refractivity contribution in [3.63, 3.8) is 0 Å². The molecule has 2 rings (SSSR count). The second-order valence-corrected chi connectivity index (χ2v) is 10.1. The fourth-order valence-corrected chi connectivity index (χ4v) is 4.80. The molecule has 32 heavy (non-hydrogen) atoms. The van der Waals surface area contributed by atoms with Crippen LogP contribution in [0.15, 0.2) is 59.5 Å². The average Bonchev–Trinajstić information content (AvgIpc) is 2.80. The van der Waals surface area contributed by atoms with E-state index < -0.39 is 27.5 Å². The first-order chi connectivity index (χ1) is 15.1. The van der Waals surface area contributed by atoms with Crippen molar-refractivity contribution in [1.29, 1.82) is 0 Å². The van der Waals surface area contributed by atoms with E-state index in [9.17, 15) is 18.3 Å². The standard InChI is InChI=1S/C24H34N2O5S/c1-6-24(4,23(28)25-21(16-27)17(2)3)22(18-12-14-19(31-5)15-13-18)26-32(29,30)20-10-8-7-9-11-20/h7-15,17,21-22,26-27H,6,16H2,1-5H3,(H,25,28)/t21-,22+,24-/m1/s1. The maximum atomic E-state index is 13.4. The molecular formula is C24H34N2O5S. The van der Waals surface area contributed by atoms with E-state index in [1.165, 1.54) is 12.1 Å².